The molecule has 0 spiro atoms. The number of aliphatic hydroxyl groups is 2. The maximum Gasteiger partial charge on any atom is 0.343 e. The second-order valence-electron chi connectivity index (χ2n) is 4.34. The van der Waals surface area contributed by atoms with E-state index in [2.05, 4.69) is 20.7 Å². The van der Waals surface area contributed by atoms with E-state index in [1.165, 1.54) is 12.1 Å². The summed E-state index contributed by atoms with van der Waals surface area (Å²) in [6, 6.07) is 6.32. The van der Waals surface area contributed by atoms with Gasteiger partial charge in [0.1, 0.15) is 12.7 Å². The fourth-order valence-corrected chi connectivity index (χ4v) is 1.97. The number of carbonyl (C=O) groups is 3. The molecule has 1 fully saturated rings. The van der Waals surface area contributed by atoms with E-state index >= 15 is 0 Å². The fraction of sp³-hybridized carbons (Fsp3) is 0.308. The summed E-state index contributed by atoms with van der Waals surface area (Å²) >= 11 is 3.22. The minimum atomic E-state index is -1.90. The molecule has 0 amide bonds. The van der Waals surface area contributed by atoms with Crippen molar-refractivity contribution in [1.82, 2.24) is 0 Å². The van der Waals surface area contributed by atoms with Crippen LogP contribution in [0, 0.1) is 0 Å². The van der Waals surface area contributed by atoms with E-state index in [0.717, 1.165) is 4.47 Å². The van der Waals surface area contributed by atoms with Gasteiger partial charge in [0.15, 0.2) is 6.10 Å². The smallest absolute Gasteiger partial charge is 0.343 e. The average Bonchev–Trinajstić information content (AvgIpc) is 2.73. The summed E-state index contributed by atoms with van der Waals surface area (Å²) in [5.74, 6) is -2.77. The number of halogens is 1. The van der Waals surface area contributed by atoms with Crippen LogP contribution in [0.15, 0.2) is 28.7 Å². The van der Waals surface area contributed by atoms with Gasteiger partial charge in [-0.1, -0.05) is 15.9 Å². The van der Waals surface area contributed by atoms with Crippen LogP contribution in [0.4, 0.5) is 0 Å². The number of benzene rings is 1. The lowest BCUT2D eigenvalue weighted by Crippen LogP contribution is -2.38. The van der Waals surface area contributed by atoms with Crippen molar-refractivity contribution in [3.05, 3.63) is 34.3 Å². The molecule has 3 atom stereocenters. The zero-order valence-corrected chi connectivity index (χ0v) is 12.1. The Morgan fingerprint density at radius 3 is 2.48 bits per heavy atom. The molecule has 1 saturated heterocycles. The van der Waals surface area contributed by atoms with Crippen molar-refractivity contribution < 1.29 is 34.1 Å². The van der Waals surface area contributed by atoms with Crippen molar-refractivity contribution in [3.8, 4) is 0 Å². The van der Waals surface area contributed by atoms with Crippen molar-refractivity contribution in [2.75, 3.05) is 6.61 Å². The number of esters is 2. The molecular weight excluding hydrogens is 348 g/mol. The zero-order valence-electron chi connectivity index (χ0n) is 10.6. The van der Waals surface area contributed by atoms with Crippen molar-refractivity contribution in [3.63, 3.8) is 0 Å². The molecule has 0 aliphatic carbocycles. The predicted octanol–water partition coefficient (Wildman–Crippen LogP) is -0.178. The van der Waals surface area contributed by atoms with Gasteiger partial charge in [-0.15, -0.1) is 0 Å². The summed E-state index contributed by atoms with van der Waals surface area (Å²) < 4.78 is 10.1. The second-order valence-corrected chi connectivity index (χ2v) is 5.25. The molecule has 0 aromatic heterocycles. The van der Waals surface area contributed by atoms with Crippen LogP contribution in [0.5, 0.6) is 0 Å². The number of aliphatic hydroxyl groups excluding tert-OH is 2. The van der Waals surface area contributed by atoms with Gasteiger partial charge in [-0.05, 0) is 24.3 Å². The van der Waals surface area contributed by atoms with E-state index in [-0.39, 0.29) is 5.56 Å². The number of Topliss-reactive ketones (excluding diaryl/α,β-unsaturated/α-hetero) is 1. The molecule has 1 heterocycles. The van der Waals surface area contributed by atoms with E-state index in [4.69, 9.17) is 9.84 Å². The van der Waals surface area contributed by atoms with Crippen LogP contribution in [0.2, 0.25) is 0 Å². The van der Waals surface area contributed by atoms with Crippen molar-refractivity contribution >= 4 is 33.7 Å². The minimum absolute atomic E-state index is 0.264. The van der Waals surface area contributed by atoms with Crippen LogP contribution < -0.4 is 0 Å². The molecule has 3 unspecified atom stereocenters. The summed E-state index contributed by atoms with van der Waals surface area (Å²) in [6.07, 6.45) is -4.95. The quantitative estimate of drug-likeness (QED) is 0.567. The predicted molar refractivity (Wildman–Crippen MR) is 71.3 cm³/mol. The Morgan fingerprint density at radius 2 is 1.95 bits per heavy atom. The number of rotatable bonds is 4. The van der Waals surface area contributed by atoms with Crippen molar-refractivity contribution in [2.24, 2.45) is 0 Å². The van der Waals surface area contributed by atoms with Crippen LogP contribution in [0.1, 0.15) is 10.4 Å². The minimum Gasteiger partial charge on any atom is -0.459 e. The molecule has 112 valence electrons. The summed E-state index contributed by atoms with van der Waals surface area (Å²) in [5, 5.41) is 18.8. The van der Waals surface area contributed by atoms with Crippen molar-refractivity contribution in [1.29, 1.82) is 0 Å². The normalized spacial score (nSPS) is 22.8. The second kappa shape index (κ2) is 6.33. The molecule has 8 heteroatoms. The first-order valence-corrected chi connectivity index (χ1v) is 6.72. The monoisotopic (exact) mass is 358 g/mol. The third-order valence-corrected chi connectivity index (χ3v) is 3.36. The first-order chi connectivity index (χ1) is 9.90. The van der Waals surface area contributed by atoms with Gasteiger partial charge in [-0.2, -0.15) is 0 Å². The fourth-order valence-electron chi connectivity index (χ4n) is 1.71. The van der Waals surface area contributed by atoms with Gasteiger partial charge in [0, 0.05) is 4.47 Å². The third kappa shape index (κ3) is 3.46. The molecule has 0 saturated carbocycles. The lowest BCUT2D eigenvalue weighted by molar-refractivity contribution is -0.151. The third-order valence-electron chi connectivity index (χ3n) is 2.83. The van der Waals surface area contributed by atoms with Crippen LogP contribution in [0.25, 0.3) is 0 Å². The molecular formula is C13H11BrO7. The Morgan fingerprint density at radius 1 is 1.33 bits per heavy atom. The molecule has 7 nitrogen and oxygen atoms in total. The lowest BCUT2D eigenvalue weighted by Gasteiger charge is -2.15. The number of carbonyl (C=O) groups excluding carboxylic acids is 3. The standard InChI is InChI=1S/C13H11BrO7/c14-7-3-1-6(2-4-7)12(18)20-5-8(15)11-9(16)10(17)13(19)21-11/h1-4,8,10-11,15,17H,5H2. The van der Waals surface area contributed by atoms with E-state index in [0.29, 0.717) is 0 Å². The Hall–Kier alpha value is -1.77. The molecule has 2 N–H and O–H groups in total. The molecule has 1 aliphatic rings. The maximum atomic E-state index is 11.7. The summed E-state index contributed by atoms with van der Waals surface area (Å²) in [7, 11) is 0. The SMILES string of the molecule is O=C(OCC(O)C1OC(=O)C(O)C1=O)c1ccc(Br)cc1. The van der Waals surface area contributed by atoms with Gasteiger partial charge in [-0.3, -0.25) is 4.79 Å². The average molecular weight is 359 g/mol. The highest BCUT2D eigenvalue weighted by molar-refractivity contribution is 9.10. The Labute approximate surface area is 127 Å². The lowest BCUT2D eigenvalue weighted by atomic mass is 10.1. The van der Waals surface area contributed by atoms with Crippen LogP contribution >= 0.6 is 15.9 Å². The molecule has 0 bridgehead atoms. The van der Waals surface area contributed by atoms with Gasteiger partial charge >= 0.3 is 11.9 Å². The van der Waals surface area contributed by atoms with Gasteiger partial charge in [0.25, 0.3) is 0 Å². The van der Waals surface area contributed by atoms with Gasteiger partial charge in [0.2, 0.25) is 11.9 Å². The maximum absolute atomic E-state index is 11.7. The Balaban J connectivity index is 1.91. The number of hydrogen-bond donors (Lipinski definition) is 2. The summed E-state index contributed by atoms with van der Waals surface area (Å²) in [4.78, 5) is 34.1. The molecule has 21 heavy (non-hydrogen) atoms. The number of ether oxygens (including phenoxy) is 2. The highest BCUT2D eigenvalue weighted by atomic mass is 79.9. The largest absolute Gasteiger partial charge is 0.459 e. The Kier molecular flexibility index (Phi) is 4.71. The summed E-state index contributed by atoms with van der Waals surface area (Å²) in [5.41, 5.74) is 0.264. The number of ketones is 1. The van der Waals surface area contributed by atoms with Gasteiger partial charge in [0.05, 0.1) is 5.56 Å². The van der Waals surface area contributed by atoms with Gasteiger partial charge in [-0.25, -0.2) is 9.59 Å². The molecule has 1 aromatic rings. The van der Waals surface area contributed by atoms with E-state index in [1.807, 2.05) is 0 Å². The van der Waals surface area contributed by atoms with Gasteiger partial charge < -0.3 is 19.7 Å². The zero-order chi connectivity index (χ0) is 15.6. The number of cyclic esters (lactones) is 1. The molecule has 0 radical (unpaired) electrons. The first kappa shape index (κ1) is 15.6. The topological polar surface area (TPSA) is 110 Å². The number of hydrogen-bond acceptors (Lipinski definition) is 7. The van der Waals surface area contributed by atoms with E-state index in [1.54, 1.807) is 12.1 Å². The molecule has 2 rings (SSSR count). The highest BCUT2D eigenvalue weighted by Crippen LogP contribution is 2.16. The van der Waals surface area contributed by atoms with E-state index < -0.39 is 42.6 Å². The molecule has 1 aromatic carbocycles. The highest BCUT2D eigenvalue weighted by Gasteiger charge is 2.46. The van der Waals surface area contributed by atoms with Crippen LogP contribution in [0.3, 0.4) is 0 Å². The Bertz CT molecular complexity index is 568. The first-order valence-electron chi connectivity index (χ1n) is 5.93. The summed E-state index contributed by atoms with van der Waals surface area (Å²) in [6.45, 7) is -0.536. The van der Waals surface area contributed by atoms with E-state index in [9.17, 15) is 19.5 Å². The van der Waals surface area contributed by atoms with Crippen LogP contribution in [-0.2, 0) is 19.1 Å². The molecule has 1 aliphatic heterocycles. The van der Waals surface area contributed by atoms with Crippen LogP contribution in [-0.4, -0.2) is 52.9 Å². The van der Waals surface area contributed by atoms with Crippen molar-refractivity contribution in [2.45, 2.75) is 18.3 Å².